The number of benzene rings is 1. The van der Waals surface area contributed by atoms with Crippen molar-refractivity contribution in [2.45, 2.75) is 31.7 Å². The largest absolute Gasteiger partial charge is 0.454 e. The van der Waals surface area contributed by atoms with Crippen molar-refractivity contribution in [2.24, 2.45) is 5.92 Å². The summed E-state index contributed by atoms with van der Waals surface area (Å²) in [6.45, 7) is 4.75. The molecule has 3 amide bonds. The Labute approximate surface area is 152 Å². The minimum absolute atomic E-state index is 0.000725. The highest BCUT2D eigenvalue weighted by molar-refractivity contribution is 7.89. The second kappa shape index (κ2) is 9.88. The molecule has 3 N–H and O–H groups in total. The summed E-state index contributed by atoms with van der Waals surface area (Å²) in [6.07, 6.45) is 0. The lowest BCUT2D eigenvalue weighted by molar-refractivity contribution is -0.149. The average Bonchev–Trinajstić information content (AvgIpc) is 2.58. The van der Waals surface area contributed by atoms with Gasteiger partial charge in [0.2, 0.25) is 10.0 Å². The number of esters is 1. The molecule has 1 atom stereocenters. The van der Waals surface area contributed by atoms with E-state index in [0.717, 1.165) is 0 Å². The number of urea groups is 1. The molecular weight excluding hydrogens is 362 g/mol. The molecule has 0 aliphatic rings. The Bertz CT molecular complexity index is 734. The number of sulfonamides is 1. The summed E-state index contributed by atoms with van der Waals surface area (Å²) in [4.78, 5) is 34.8. The number of carbonyl (C=O) groups excluding carboxylic acids is 3. The summed E-state index contributed by atoms with van der Waals surface area (Å²) in [6, 6.07) is 5.61. The van der Waals surface area contributed by atoms with Crippen LogP contribution in [-0.2, 0) is 24.3 Å². The number of hydrogen-bond donors (Lipinski definition) is 3. The molecule has 144 valence electrons. The first-order valence-corrected chi connectivity index (χ1v) is 9.42. The normalized spacial score (nSPS) is 12.3. The van der Waals surface area contributed by atoms with Crippen molar-refractivity contribution in [3.63, 3.8) is 0 Å². The summed E-state index contributed by atoms with van der Waals surface area (Å²) >= 11 is 0. The topological polar surface area (TPSA) is 131 Å². The van der Waals surface area contributed by atoms with Gasteiger partial charge in [-0.2, -0.15) is 4.72 Å². The summed E-state index contributed by atoms with van der Waals surface area (Å²) in [5.41, 5.74) is 0. The summed E-state index contributed by atoms with van der Waals surface area (Å²) < 4.78 is 31.1. The van der Waals surface area contributed by atoms with Gasteiger partial charge < -0.3 is 10.1 Å². The number of ether oxygens (including phenoxy) is 1. The second-order valence-corrected chi connectivity index (χ2v) is 7.63. The third-order valence-corrected chi connectivity index (χ3v) is 4.56. The van der Waals surface area contributed by atoms with Crippen molar-refractivity contribution in [1.82, 2.24) is 15.4 Å². The van der Waals surface area contributed by atoms with E-state index in [4.69, 9.17) is 4.74 Å². The fourth-order valence-corrected chi connectivity index (χ4v) is 2.93. The highest BCUT2D eigenvalue weighted by atomic mass is 32.2. The molecule has 0 radical (unpaired) electrons. The number of hydrogen-bond acceptors (Lipinski definition) is 6. The smallest absolute Gasteiger partial charge is 0.324 e. The van der Waals surface area contributed by atoms with Crippen LogP contribution in [0.5, 0.6) is 0 Å². The van der Waals surface area contributed by atoms with Crippen LogP contribution in [0.1, 0.15) is 20.8 Å². The Kier molecular flexibility index (Phi) is 8.20. The molecule has 0 heterocycles. The lowest BCUT2D eigenvalue weighted by Gasteiger charge is -2.14. The van der Waals surface area contributed by atoms with Crippen LogP contribution in [-0.4, -0.2) is 45.5 Å². The van der Waals surface area contributed by atoms with E-state index in [9.17, 15) is 22.8 Å². The van der Waals surface area contributed by atoms with E-state index in [1.54, 1.807) is 18.2 Å². The van der Waals surface area contributed by atoms with Crippen LogP contribution in [0.15, 0.2) is 35.2 Å². The SMILES string of the molecule is CC(C)CNC(=O)NC(=O)COC(=O)[C@H](C)NS(=O)(=O)c1ccccc1. The Morgan fingerprint density at radius 3 is 2.27 bits per heavy atom. The maximum absolute atomic E-state index is 12.1. The number of imide groups is 1. The zero-order valence-corrected chi connectivity index (χ0v) is 15.6. The molecule has 1 rings (SSSR count). The molecule has 0 bridgehead atoms. The van der Waals surface area contributed by atoms with Gasteiger partial charge in [0.1, 0.15) is 6.04 Å². The maximum Gasteiger partial charge on any atom is 0.324 e. The first-order valence-electron chi connectivity index (χ1n) is 7.93. The molecular formula is C16H23N3O6S. The third kappa shape index (κ3) is 7.62. The van der Waals surface area contributed by atoms with Crippen LogP contribution in [0, 0.1) is 5.92 Å². The number of nitrogens with one attached hydrogen (secondary N) is 3. The number of amides is 3. The van der Waals surface area contributed by atoms with E-state index < -0.39 is 40.6 Å². The predicted molar refractivity (Wildman–Crippen MR) is 93.6 cm³/mol. The monoisotopic (exact) mass is 385 g/mol. The first kappa shape index (κ1) is 21.6. The van der Waals surface area contributed by atoms with Crippen molar-refractivity contribution in [3.8, 4) is 0 Å². The molecule has 1 aromatic carbocycles. The molecule has 0 saturated heterocycles. The van der Waals surface area contributed by atoms with E-state index >= 15 is 0 Å². The number of rotatable bonds is 8. The predicted octanol–water partition coefficient (Wildman–Crippen LogP) is 0.378. The Morgan fingerprint density at radius 2 is 1.69 bits per heavy atom. The van der Waals surface area contributed by atoms with Gasteiger partial charge in [0.25, 0.3) is 5.91 Å². The van der Waals surface area contributed by atoms with Crippen LogP contribution in [0.2, 0.25) is 0 Å². The standard InChI is InChI=1S/C16H23N3O6S/c1-11(2)9-17-16(22)18-14(20)10-25-15(21)12(3)19-26(23,24)13-7-5-4-6-8-13/h4-8,11-12,19H,9-10H2,1-3H3,(H2,17,18,20,22)/t12-/m0/s1. The van der Waals surface area contributed by atoms with Crippen molar-refractivity contribution >= 4 is 27.9 Å². The van der Waals surface area contributed by atoms with Crippen LogP contribution < -0.4 is 15.4 Å². The van der Waals surface area contributed by atoms with Crippen LogP contribution >= 0.6 is 0 Å². The Balaban J connectivity index is 2.45. The van der Waals surface area contributed by atoms with E-state index in [2.05, 4.69) is 10.0 Å². The van der Waals surface area contributed by atoms with Crippen LogP contribution in [0.25, 0.3) is 0 Å². The maximum atomic E-state index is 12.1. The van der Waals surface area contributed by atoms with Crippen molar-refractivity contribution in [1.29, 1.82) is 0 Å². The van der Waals surface area contributed by atoms with Gasteiger partial charge in [0.15, 0.2) is 6.61 Å². The molecule has 1 aromatic rings. The van der Waals surface area contributed by atoms with Gasteiger partial charge >= 0.3 is 12.0 Å². The second-order valence-electron chi connectivity index (χ2n) is 5.92. The molecule has 0 saturated carbocycles. The van der Waals surface area contributed by atoms with Gasteiger partial charge in [-0.1, -0.05) is 32.0 Å². The molecule has 0 fully saturated rings. The zero-order chi connectivity index (χ0) is 19.7. The number of carbonyl (C=O) groups is 3. The van der Waals surface area contributed by atoms with Crippen molar-refractivity contribution < 1.29 is 27.5 Å². The molecule has 0 aliphatic heterocycles. The van der Waals surface area contributed by atoms with Gasteiger partial charge in [-0.15, -0.1) is 0 Å². The van der Waals surface area contributed by atoms with Crippen molar-refractivity contribution in [2.75, 3.05) is 13.2 Å². The first-order chi connectivity index (χ1) is 12.1. The third-order valence-electron chi connectivity index (χ3n) is 3.01. The molecule has 10 heteroatoms. The van der Waals surface area contributed by atoms with Gasteiger partial charge in [0, 0.05) is 6.54 Å². The van der Waals surface area contributed by atoms with Crippen LogP contribution in [0.3, 0.4) is 0 Å². The van der Waals surface area contributed by atoms with Crippen molar-refractivity contribution in [3.05, 3.63) is 30.3 Å². The quantitative estimate of drug-likeness (QED) is 0.555. The summed E-state index contributed by atoms with van der Waals surface area (Å²) in [7, 11) is -3.89. The molecule has 0 aromatic heterocycles. The Morgan fingerprint density at radius 1 is 1.08 bits per heavy atom. The fraction of sp³-hybridized carbons (Fsp3) is 0.438. The minimum atomic E-state index is -3.89. The van der Waals surface area contributed by atoms with Crippen LogP contribution in [0.4, 0.5) is 4.79 Å². The van der Waals surface area contributed by atoms with Gasteiger partial charge in [0.05, 0.1) is 4.90 Å². The Hall–Kier alpha value is -2.46. The van der Waals surface area contributed by atoms with Gasteiger partial charge in [-0.3, -0.25) is 14.9 Å². The summed E-state index contributed by atoms with van der Waals surface area (Å²) in [5, 5.41) is 4.47. The molecule has 9 nitrogen and oxygen atoms in total. The zero-order valence-electron chi connectivity index (χ0n) is 14.8. The molecule has 0 aliphatic carbocycles. The molecule has 0 spiro atoms. The van der Waals surface area contributed by atoms with Gasteiger partial charge in [-0.05, 0) is 25.0 Å². The minimum Gasteiger partial charge on any atom is -0.454 e. The lowest BCUT2D eigenvalue weighted by Crippen LogP contribution is -2.44. The lowest BCUT2D eigenvalue weighted by atomic mass is 10.2. The fourth-order valence-electron chi connectivity index (χ4n) is 1.71. The van der Waals surface area contributed by atoms with E-state index in [0.29, 0.717) is 6.54 Å². The van der Waals surface area contributed by atoms with E-state index in [1.807, 2.05) is 19.2 Å². The molecule has 26 heavy (non-hydrogen) atoms. The highest BCUT2D eigenvalue weighted by Crippen LogP contribution is 2.08. The average molecular weight is 385 g/mol. The van der Waals surface area contributed by atoms with E-state index in [-0.39, 0.29) is 10.8 Å². The summed E-state index contributed by atoms with van der Waals surface area (Å²) in [5.74, 6) is -1.55. The highest BCUT2D eigenvalue weighted by Gasteiger charge is 2.23. The van der Waals surface area contributed by atoms with Gasteiger partial charge in [-0.25, -0.2) is 13.2 Å². The molecule has 0 unspecified atom stereocenters. The van der Waals surface area contributed by atoms with E-state index in [1.165, 1.54) is 19.1 Å².